The average Bonchev–Trinajstić information content (AvgIpc) is 2.38. The van der Waals surface area contributed by atoms with Crippen LogP contribution in [0.3, 0.4) is 0 Å². The number of methoxy groups -OCH3 is 1. The highest BCUT2D eigenvalue weighted by molar-refractivity contribution is 5.68. The van der Waals surface area contributed by atoms with Crippen molar-refractivity contribution in [3.63, 3.8) is 0 Å². The summed E-state index contributed by atoms with van der Waals surface area (Å²) in [4.78, 5) is 15.5. The summed E-state index contributed by atoms with van der Waals surface area (Å²) < 4.78 is 4.74. The molecule has 0 aliphatic carbocycles. The molecule has 0 spiro atoms. The molecule has 1 amide bonds. The second-order valence-corrected chi connectivity index (χ2v) is 4.73. The van der Waals surface area contributed by atoms with Gasteiger partial charge in [-0.2, -0.15) is 0 Å². The van der Waals surface area contributed by atoms with Gasteiger partial charge in [0.1, 0.15) is 0 Å². The molecule has 0 atom stereocenters. The minimum absolute atomic E-state index is 0.227. The number of carbonyl (C=O) groups is 1. The molecule has 0 aromatic heterocycles. The molecule has 0 unspecified atom stereocenters. The Labute approximate surface area is 108 Å². The van der Waals surface area contributed by atoms with E-state index in [-0.39, 0.29) is 6.09 Å². The standard InChI is InChI=1S/C14H20N2O2/c1-11-4-5-13(12(2)10-11)15-6-8-16(9-7-15)14(17)18-3/h4-5,10H,6-9H2,1-3H3. The lowest BCUT2D eigenvalue weighted by atomic mass is 10.1. The molecule has 4 nitrogen and oxygen atoms in total. The lowest BCUT2D eigenvalue weighted by molar-refractivity contribution is 0.121. The zero-order valence-corrected chi connectivity index (χ0v) is 11.3. The lowest BCUT2D eigenvalue weighted by Gasteiger charge is -2.36. The van der Waals surface area contributed by atoms with Gasteiger partial charge in [-0.05, 0) is 25.5 Å². The van der Waals surface area contributed by atoms with Crippen LogP contribution in [-0.4, -0.2) is 44.3 Å². The predicted molar refractivity (Wildman–Crippen MR) is 72.1 cm³/mol. The second-order valence-electron chi connectivity index (χ2n) is 4.73. The topological polar surface area (TPSA) is 32.8 Å². The van der Waals surface area contributed by atoms with E-state index in [2.05, 4.69) is 36.9 Å². The van der Waals surface area contributed by atoms with Crippen LogP contribution in [0.4, 0.5) is 10.5 Å². The molecule has 0 N–H and O–H groups in total. The molecule has 1 fully saturated rings. The number of amides is 1. The summed E-state index contributed by atoms with van der Waals surface area (Å²) in [6.07, 6.45) is -0.227. The van der Waals surface area contributed by atoms with Crippen LogP contribution in [0.2, 0.25) is 0 Å². The number of nitrogens with zero attached hydrogens (tertiary/aromatic N) is 2. The normalized spacial score (nSPS) is 15.7. The molecule has 1 aliphatic rings. The van der Waals surface area contributed by atoms with Crippen molar-refractivity contribution in [2.75, 3.05) is 38.2 Å². The van der Waals surface area contributed by atoms with Crippen LogP contribution in [-0.2, 0) is 4.74 Å². The van der Waals surface area contributed by atoms with E-state index in [1.54, 1.807) is 4.90 Å². The average molecular weight is 248 g/mol. The van der Waals surface area contributed by atoms with E-state index in [0.717, 1.165) is 26.2 Å². The highest BCUT2D eigenvalue weighted by Crippen LogP contribution is 2.22. The van der Waals surface area contributed by atoms with Gasteiger partial charge < -0.3 is 14.5 Å². The van der Waals surface area contributed by atoms with E-state index >= 15 is 0 Å². The maximum absolute atomic E-state index is 11.4. The molecule has 1 aromatic carbocycles. The van der Waals surface area contributed by atoms with Gasteiger partial charge in [0.15, 0.2) is 0 Å². The van der Waals surface area contributed by atoms with E-state index in [1.807, 2.05) is 0 Å². The molecule has 1 aliphatic heterocycles. The molecule has 4 heteroatoms. The van der Waals surface area contributed by atoms with E-state index < -0.39 is 0 Å². The maximum Gasteiger partial charge on any atom is 0.409 e. The fourth-order valence-electron chi connectivity index (χ4n) is 2.42. The Hall–Kier alpha value is -1.71. The molecule has 1 saturated heterocycles. The van der Waals surface area contributed by atoms with Crippen LogP contribution in [0.5, 0.6) is 0 Å². The minimum Gasteiger partial charge on any atom is -0.453 e. The van der Waals surface area contributed by atoms with Crippen molar-refractivity contribution in [2.45, 2.75) is 13.8 Å². The van der Waals surface area contributed by atoms with Crippen molar-refractivity contribution in [1.29, 1.82) is 0 Å². The zero-order valence-electron chi connectivity index (χ0n) is 11.3. The fourth-order valence-corrected chi connectivity index (χ4v) is 2.42. The smallest absolute Gasteiger partial charge is 0.409 e. The third-order valence-electron chi connectivity index (χ3n) is 3.41. The van der Waals surface area contributed by atoms with E-state index in [4.69, 9.17) is 4.74 Å². The Kier molecular flexibility index (Phi) is 3.75. The van der Waals surface area contributed by atoms with Crippen molar-refractivity contribution < 1.29 is 9.53 Å². The lowest BCUT2D eigenvalue weighted by Crippen LogP contribution is -2.48. The van der Waals surface area contributed by atoms with Gasteiger partial charge in [0, 0.05) is 31.9 Å². The molecular formula is C14H20N2O2. The number of hydrogen-bond acceptors (Lipinski definition) is 3. The largest absolute Gasteiger partial charge is 0.453 e. The fraction of sp³-hybridized carbons (Fsp3) is 0.500. The summed E-state index contributed by atoms with van der Waals surface area (Å²) in [5, 5.41) is 0. The van der Waals surface area contributed by atoms with Crippen molar-refractivity contribution in [3.05, 3.63) is 29.3 Å². The van der Waals surface area contributed by atoms with Crippen molar-refractivity contribution in [3.8, 4) is 0 Å². The third-order valence-corrected chi connectivity index (χ3v) is 3.41. The van der Waals surface area contributed by atoms with Gasteiger partial charge in [-0.3, -0.25) is 0 Å². The quantitative estimate of drug-likeness (QED) is 0.763. The minimum atomic E-state index is -0.227. The Morgan fingerprint density at radius 3 is 2.39 bits per heavy atom. The van der Waals surface area contributed by atoms with Gasteiger partial charge in [0.25, 0.3) is 0 Å². The van der Waals surface area contributed by atoms with Crippen molar-refractivity contribution in [2.24, 2.45) is 0 Å². The molecule has 0 bridgehead atoms. The van der Waals surface area contributed by atoms with Gasteiger partial charge >= 0.3 is 6.09 Å². The first-order valence-corrected chi connectivity index (χ1v) is 6.27. The number of carbonyl (C=O) groups excluding carboxylic acids is 1. The van der Waals surface area contributed by atoms with Gasteiger partial charge in [-0.25, -0.2) is 4.79 Å². The molecule has 2 rings (SSSR count). The molecule has 1 heterocycles. The zero-order chi connectivity index (χ0) is 13.1. The third kappa shape index (κ3) is 2.58. The molecule has 0 radical (unpaired) electrons. The first-order valence-electron chi connectivity index (χ1n) is 6.27. The Morgan fingerprint density at radius 1 is 1.17 bits per heavy atom. The number of aryl methyl sites for hydroxylation is 2. The molecule has 0 saturated carbocycles. The Morgan fingerprint density at radius 2 is 1.83 bits per heavy atom. The first kappa shape index (κ1) is 12.7. The molecule has 18 heavy (non-hydrogen) atoms. The highest BCUT2D eigenvalue weighted by Gasteiger charge is 2.22. The van der Waals surface area contributed by atoms with Crippen LogP contribution in [0, 0.1) is 13.8 Å². The van der Waals surface area contributed by atoms with Crippen LogP contribution < -0.4 is 4.90 Å². The van der Waals surface area contributed by atoms with Crippen molar-refractivity contribution in [1.82, 2.24) is 4.90 Å². The highest BCUT2D eigenvalue weighted by atomic mass is 16.5. The second kappa shape index (κ2) is 5.29. The van der Waals surface area contributed by atoms with E-state index in [0.29, 0.717) is 0 Å². The van der Waals surface area contributed by atoms with Crippen molar-refractivity contribution >= 4 is 11.8 Å². The Balaban J connectivity index is 2.03. The van der Waals surface area contributed by atoms with Crippen LogP contribution in [0.25, 0.3) is 0 Å². The molecule has 98 valence electrons. The summed E-state index contributed by atoms with van der Waals surface area (Å²) in [7, 11) is 1.43. The summed E-state index contributed by atoms with van der Waals surface area (Å²) >= 11 is 0. The van der Waals surface area contributed by atoms with Crippen LogP contribution in [0.15, 0.2) is 18.2 Å². The monoisotopic (exact) mass is 248 g/mol. The van der Waals surface area contributed by atoms with Gasteiger partial charge in [0.2, 0.25) is 0 Å². The van der Waals surface area contributed by atoms with E-state index in [1.165, 1.54) is 23.9 Å². The summed E-state index contributed by atoms with van der Waals surface area (Å²) in [6, 6.07) is 6.50. The molecular weight excluding hydrogens is 228 g/mol. The number of ether oxygens (including phenoxy) is 1. The number of anilines is 1. The first-order chi connectivity index (χ1) is 8.61. The summed E-state index contributed by atoms with van der Waals surface area (Å²) in [5.74, 6) is 0. The van der Waals surface area contributed by atoms with Crippen LogP contribution in [0.1, 0.15) is 11.1 Å². The maximum atomic E-state index is 11.4. The number of hydrogen-bond donors (Lipinski definition) is 0. The van der Waals surface area contributed by atoms with Crippen LogP contribution >= 0.6 is 0 Å². The number of piperazine rings is 1. The summed E-state index contributed by atoms with van der Waals surface area (Å²) in [5.41, 5.74) is 3.84. The summed E-state index contributed by atoms with van der Waals surface area (Å²) in [6.45, 7) is 7.40. The number of rotatable bonds is 1. The van der Waals surface area contributed by atoms with Gasteiger partial charge in [-0.1, -0.05) is 17.7 Å². The Bertz CT molecular complexity index is 437. The SMILES string of the molecule is COC(=O)N1CCN(c2ccc(C)cc2C)CC1. The van der Waals surface area contributed by atoms with Gasteiger partial charge in [-0.15, -0.1) is 0 Å². The number of benzene rings is 1. The van der Waals surface area contributed by atoms with Gasteiger partial charge in [0.05, 0.1) is 7.11 Å². The molecule has 1 aromatic rings. The predicted octanol–water partition coefficient (Wildman–Crippen LogP) is 2.19. The van der Waals surface area contributed by atoms with E-state index in [9.17, 15) is 4.79 Å².